The highest BCUT2D eigenvalue weighted by molar-refractivity contribution is 5.98. The fourth-order valence-electron chi connectivity index (χ4n) is 8.23. The van der Waals surface area contributed by atoms with Crippen LogP contribution in [0.4, 0.5) is 5.69 Å². The topological polar surface area (TPSA) is 49.4 Å². The number of hydrogen-bond donors (Lipinski definition) is 1. The van der Waals surface area contributed by atoms with Crippen LogP contribution in [0.2, 0.25) is 0 Å². The number of para-hydroxylation sites is 1. The van der Waals surface area contributed by atoms with Gasteiger partial charge in [0.15, 0.2) is 5.78 Å². The Hall–Kier alpha value is -2.88. The molecular formula is C32H38N2O2. The predicted octanol–water partition coefficient (Wildman–Crippen LogP) is 6.28. The van der Waals surface area contributed by atoms with Crippen molar-refractivity contribution in [2.75, 3.05) is 4.90 Å². The Morgan fingerprint density at radius 1 is 0.944 bits per heavy atom. The van der Waals surface area contributed by atoms with Crippen LogP contribution in [-0.2, 0) is 16.1 Å². The van der Waals surface area contributed by atoms with Gasteiger partial charge in [0, 0.05) is 29.3 Å². The molecule has 0 aromatic heterocycles. The van der Waals surface area contributed by atoms with Crippen LogP contribution in [-0.4, -0.2) is 17.7 Å². The SMILES string of the molecule is C[C@@]12CCC[C@H]1[C@@H]1[C@@H](C(=O)N(Cc3ccccc3)c3ccccc3)NC3=CC(=O)CC[C@]3(C)[C@H]1CC2. The van der Waals surface area contributed by atoms with Gasteiger partial charge in [-0.25, -0.2) is 0 Å². The Balaban J connectivity index is 1.43. The minimum Gasteiger partial charge on any atom is -0.376 e. The molecule has 3 fully saturated rings. The average molecular weight is 483 g/mol. The quantitative estimate of drug-likeness (QED) is 0.558. The zero-order valence-electron chi connectivity index (χ0n) is 21.6. The minimum atomic E-state index is -0.313. The Morgan fingerprint density at radius 2 is 1.67 bits per heavy atom. The number of allylic oxidation sites excluding steroid dienone is 2. The molecule has 36 heavy (non-hydrogen) atoms. The molecule has 188 valence electrons. The molecule has 0 spiro atoms. The van der Waals surface area contributed by atoms with Crippen molar-refractivity contribution in [2.45, 2.75) is 71.4 Å². The van der Waals surface area contributed by atoms with Crippen LogP contribution < -0.4 is 10.2 Å². The molecule has 4 heteroatoms. The third kappa shape index (κ3) is 3.81. The lowest BCUT2D eigenvalue weighted by Crippen LogP contribution is -2.64. The molecule has 4 nitrogen and oxygen atoms in total. The van der Waals surface area contributed by atoms with Crippen LogP contribution in [0.5, 0.6) is 0 Å². The van der Waals surface area contributed by atoms with E-state index in [1.807, 2.05) is 59.5 Å². The fourth-order valence-corrected chi connectivity index (χ4v) is 8.23. The molecule has 6 atom stereocenters. The highest BCUT2D eigenvalue weighted by Gasteiger charge is 2.60. The minimum absolute atomic E-state index is 0.0454. The van der Waals surface area contributed by atoms with Gasteiger partial charge < -0.3 is 10.2 Å². The number of fused-ring (bicyclic) bond motifs is 5. The summed E-state index contributed by atoms with van der Waals surface area (Å²) in [6.45, 7) is 5.36. The summed E-state index contributed by atoms with van der Waals surface area (Å²) in [5, 5.41) is 3.74. The molecule has 6 rings (SSSR count). The molecule has 1 saturated heterocycles. The first-order valence-electron chi connectivity index (χ1n) is 13.8. The lowest BCUT2D eigenvalue weighted by molar-refractivity contribution is -0.131. The van der Waals surface area contributed by atoms with Crippen molar-refractivity contribution in [3.8, 4) is 0 Å². The normalized spacial score (nSPS) is 35.1. The molecule has 3 aliphatic carbocycles. The molecule has 1 heterocycles. The van der Waals surface area contributed by atoms with Crippen LogP contribution in [0.3, 0.4) is 0 Å². The zero-order valence-corrected chi connectivity index (χ0v) is 21.6. The van der Waals surface area contributed by atoms with E-state index >= 15 is 0 Å². The van der Waals surface area contributed by atoms with Crippen LogP contribution >= 0.6 is 0 Å². The van der Waals surface area contributed by atoms with E-state index in [-0.39, 0.29) is 29.1 Å². The standard InChI is InChI=1S/C32H38N2O2/c1-31-17-9-14-25(31)28-26(16-18-31)32(2)19-15-24(35)20-27(32)33-29(28)30(36)34(23-12-7-4-8-13-23)21-22-10-5-3-6-11-22/h3-8,10-13,20,25-26,28-29,33H,9,14-19,21H2,1-2H3/t25-,26-,28-,29-,31-,32+/m0/s1. The molecule has 1 amide bonds. The van der Waals surface area contributed by atoms with E-state index in [9.17, 15) is 9.59 Å². The smallest absolute Gasteiger partial charge is 0.250 e. The molecule has 2 saturated carbocycles. The summed E-state index contributed by atoms with van der Waals surface area (Å²) in [5.74, 6) is 1.58. The lowest BCUT2D eigenvalue weighted by atomic mass is 9.49. The molecule has 1 aliphatic heterocycles. The van der Waals surface area contributed by atoms with Crippen molar-refractivity contribution >= 4 is 17.4 Å². The van der Waals surface area contributed by atoms with E-state index in [1.165, 1.54) is 25.7 Å². The Morgan fingerprint density at radius 3 is 2.42 bits per heavy atom. The molecule has 0 bridgehead atoms. The van der Waals surface area contributed by atoms with Gasteiger partial charge in [0.05, 0.1) is 6.54 Å². The third-order valence-electron chi connectivity index (χ3n) is 10.2. The van der Waals surface area contributed by atoms with Crippen molar-refractivity contribution in [3.05, 3.63) is 78.0 Å². The van der Waals surface area contributed by atoms with E-state index in [1.54, 1.807) is 0 Å². The van der Waals surface area contributed by atoms with Gasteiger partial charge >= 0.3 is 0 Å². The first-order valence-corrected chi connectivity index (χ1v) is 13.8. The van der Waals surface area contributed by atoms with Crippen LogP contribution in [0.15, 0.2) is 72.4 Å². The second-order valence-corrected chi connectivity index (χ2v) is 12.2. The van der Waals surface area contributed by atoms with Gasteiger partial charge in [-0.2, -0.15) is 0 Å². The van der Waals surface area contributed by atoms with Crippen molar-refractivity contribution in [2.24, 2.45) is 28.6 Å². The summed E-state index contributed by atoms with van der Waals surface area (Å²) in [4.78, 5) is 29.1. The summed E-state index contributed by atoms with van der Waals surface area (Å²) in [6, 6.07) is 20.0. The average Bonchev–Trinajstić information content (AvgIpc) is 3.30. The van der Waals surface area contributed by atoms with Crippen LogP contribution in [0.25, 0.3) is 0 Å². The molecule has 2 aromatic carbocycles. The number of anilines is 1. The van der Waals surface area contributed by atoms with E-state index in [2.05, 4.69) is 31.3 Å². The van der Waals surface area contributed by atoms with E-state index in [4.69, 9.17) is 0 Å². The predicted molar refractivity (Wildman–Crippen MR) is 143 cm³/mol. The fraction of sp³-hybridized carbons (Fsp3) is 0.500. The Bertz CT molecular complexity index is 1180. The molecule has 2 aromatic rings. The number of piperidine rings is 1. The zero-order chi connectivity index (χ0) is 24.9. The van der Waals surface area contributed by atoms with Gasteiger partial charge in [-0.05, 0) is 73.0 Å². The summed E-state index contributed by atoms with van der Waals surface area (Å²) in [5.41, 5.74) is 3.33. The molecule has 0 unspecified atom stereocenters. The van der Waals surface area contributed by atoms with Crippen molar-refractivity contribution in [3.63, 3.8) is 0 Å². The second-order valence-electron chi connectivity index (χ2n) is 12.2. The van der Waals surface area contributed by atoms with Gasteiger partial charge in [-0.1, -0.05) is 68.8 Å². The maximum atomic E-state index is 14.7. The summed E-state index contributed by atoms with van der Waals surface area (Å²) in [7, 11) is 0. The Labute approximate surface area is 215 Å². The number of hydrogen-bond acceptors (Lipinski definition) is 3. The first-order chi connectivity index (χ1) is 17.4. The largest absolute Gasteiger partial charge is 0.376 e. The summed E-state index contributed by atoms with van der Waals surface area (Å²) >= 11 is 0. The Kier molecular flexibility index (Phi) is 5.81. The molecule has 1 N–H and O–H groups in total. The van der Waals surface area contributed by atoms with E-state index < -0.39 is 0 Å². The lowest BCUT2D eigenvalue weighted by Gasteiger charge is -2.60. The van der Waals surface area contributed by atoms with Crippen molar-refractivity contribution < 1.29 is 9.59 Å². The maximum absolute atomic E-state index is 14.7. The third-order valence-corrected chi connectivity index (χ3v) is 10.2. The maximum Gasteiger partial charge on any atom is 0.250 e. The van der Waals surface area contributed by atoms with Gasteiger partial charge in [0.2, 0.25) is 5.91 Å². The first kappa shape index (κ1) is 23.5. The monoisotopic (exact) mass is 482 g/mol. The van der Waals surface area contributed by atoms with Gasteiger partial charge in [-0.3, -0.25) is 9.59 Å². The summed E-state index contributed by atoms with van der Waals surface area (Å²) in [6.07, 6.45) is 9.46. The number of carbonyl (C=O) groups excluding carboxylic acids is 2. The number of rotatable bonds is 4. The highest BCUT2D eigenvalue weighted by atomic mass is 16.2. The van der Waals surface area contributed by atoms with Gasteiger partial charge in [-0.15, -0.1) is 0 Å². The van der Waals surface area contributed by atoms with Crippen LogP contribution in [0.1, 0.15) is 64.4 Å². The molecule has 4 aliphatic rings. The number of nitrogens with zero attached hydrogens (tertiary/aromatic N) is 1. The van der Waals surface area contributed by atoms with E-state index in [0.717, 1.165) is 29.8 Å². The summed E-state index contributed by atoms with van der Waals surface area (Å²) < 4.78 is 0. The molecule has 0 radical (unpaired) electrons. The van der Waals surface area contributed by atoms with Gasteiger partial charge in [0.25, 0.3) is 0 Å². The molecular weight excluding hydrogens is 444 g/mol. The van der Waals surface area contributed by atoms with E-state index in [0.29, 0.717) is 30.2 Å². The second kappa shape index (κ2) is 8.90. The number of ketones is 1. The number of carbonyl (C=O) groups is 2. The number of nitrogens with one attached hydrogen (secondary N) is 1. The van der Waals surface area contributed by atoms with Crippen molar-refractivity contribution in [1.29, 1.82) is 0 Å². The van der Waals surface area contributed by atoms with Crippen molar-refractivity contribution in [1.82, 2.24) is 5.32 Å². The number of amides is 1. The number of benzene rings is 2. The highest BCUT2D eigenvalue weighted by Crippen LogP contribution is 2.63. The van der Waals surface area contributed by atoms with Crippen LogP contribution in [0, 0.1) is 28.6 Å². The van der Waals surface area contributed by atoms with Gasteiger partial charge in [0.1, 0.15) is 6.04 Å².